The van der Waals surface area contributed by atoms with E-state index >= 15 is 0 Å². The van der Waals surface area contributed by atoms with Crippen LogP contribution in [0.1, 0.15) is 42.9 Å². The van der Waals surface area contributed by atoms with E-state index in [0.717, 1.165) is 30.8 Å². The number of hydrogen-bond donors (Lipinski definition) is 2. The third-order valence-electron chi connectivity index (χ3n) is 4.14. The molecule has 1 aromatic carbocycles. The second-order valence-electron chi connectivity index (χ2n) is 6.11. The minimum atomic E-state index is 0.438. The molecule has 0 aliphatic carbocycles. The number of aryl methyl sites for hydroxylation is 2. The van der Waals surface area contributed by atoms with Crippen LogP contribution in [0.5, 0.6) is 5.75 Å². The zero-order chi connectivity index (χ0) is 14.5. The summed E-state index contributed by atoms with van der Waals surface area (Å²) >= 11 is 0. The first kappa shape index (κ1) is 15.3. The molecule has 2 N–H and O–H groups in total. The lowest BCUT2D eigenvalue weighted by molar-refractivity contribution is 0.241. The molecule has 2 rings (SSSR count). The third-order valence-corrected chi connectivity index (χ3v) is 4.14. The van der Waals surface area contributed by atoms with Crippen molar-refractivity contribution in [2.24, 2.45) is 0 Å². The fourth-order valence-electron chi connectivity index (χ4n) is 3.17. The first-order valence-electron chi connectivity index (χ1n) is 7.85. The molecule has 1 saturated heterocycles. The van der Waals surface area contributed by atoms with Gasteiger partial charge in [0, 0.05) is 19.1 Å². The Hall–Kier alpha value is -1.06. The highest BCUT2D eigenvalue weighted by Gasteiger charge is 2.18. The number of benzene rings is 1. The minimum Gasteiger partial charge on any atom is -0.507 e. The number of nitrogens with zero attached hydrogens (tertiary/aromatic N) is 1. The van der Waals surface area contributed by atoms with Gasteiger partial charge in [0.25, 0.3) is 0 Å². The molecule has 1 aromatic rings. The number of aromatic hydroxyl groups is 1. The highest BCUT2D eigenvalue weighted by molar-refractivity contribution is 5.42. The van der Waals surface area contributed by atoms with Crippen molar-refractivity contribution in [2.45, 2.75) is 52.6 Å². The third kappa shape index (κ3) is 3.97. The average molecular weight is 276 g/mol. The van der Waals surface area contributed by atoms with Crippen LogP contribution in [-0.4, -0.2) is 35.7 Å². The summed E-state index contributed by atoms with van der Waals surface area (Å²) in [5.74, 6) is 0.438. The fourth-order valence-corrected chi connectivity index (χ4v) is 3.17. The van der Waals surface area contributed by atoms with Crippen LogP contribution in [-0.2, 0) is 6.54 Å². The van der Waals surface area contributed by atoms with Gasteiger partial charge in [0.05, 0.1) is 0 Å². The summed E-state index contributed by atoms with van der Waals surface area (Å²) < 4.78 is 0. The summed E-state index contributed by atoms with van der Waals surface area (Å²) in [4.78, 5) is 2.54. The lowest BCUT2D eigenvalue weighted by Crippen LogP contribution is -2.37. The molecule has 1 fully saturated rings. The van der Waals surface area contributed by atoms with Crippen LogP contribution in [0, 0.1) is 13.8 Å². The Labute approximate surface area is 123 Å². The smallest absolute Gasteiger partial charge is 0.121 e. The molecule has 1 unspecified atom stereocenters. The molecule has 0 radical (unpaired) electrons. The molecule has 1 aliphatic rings. The molecule has 3 nitrogen and oxygen atoms in total. The fraction of sp³-hybridized carbons (Fsp3) is 0.647. The summed E-state index contributed by atoms with van der Waals surface area (Å²) in [5.41, 5.74) is 3.27. The van der Waals surface area contributed by atoms with Crippen molar-refractivity contribution < 1.29 is 5.11 Å². The molecule has 0 spiro atoms. The van der Waals surface area contributed by atoms with Crippen LogP contribution in [0.2, 0.25) is 0 Å². The maximum absolute atomic E-state index is 9.87. The molecule has 0 saturated carbocycles. The van der Waals surface area contributed by atoms with E-state index in [0.29, 0.717) is 11.8 Å². The summed E-state index contributed by atoms with van der Waals surface area (Å²) in [7, 11) is 0. The van der Waals surface area contributed by atoms with E-state index in [1.807, 2.05) is 13.8 Å². The maximum atomic E-state index is 9.87. The monoisotopic (exact) mass is 276 g/mol. The van der Waals surface area contributed by atoms with Gasteiger partial charge in [-0.15, -0.1) is 0 Å². The lowest BCUT2D eigenvalue weighted by atomic mass is 10.0. The molecular formula is C17H28N2O. The maximum Gasteiger partial charge on any atom is 0.121 e. The van der Waals surface area contributed by atoms with Crippen molar-refractivity contribution in [3.63, 3.8) is 0 Å². The van der Waals surface area contributed by atoms with Crippen molar-refractivity contribution in [3.05, 3.63) is 28.8 Å². The topological polar surface area (TPSA) is 35.5 Å². The summed E-state index contributed by atoms with van der Waals surface area (Å²) in [6.45, 7) is 10.6. The minimum absolute atomic E-state index is 0.438. The van der Waals surface area contributed by atoms with Crippen LogP contribution in [0.15, 0.2) is 12.1 Å². The van der Waals surface area contributed by atoms with Gasteiger partial charge in [0.15, 0.2) is 0 Å². The molecule has 0 bridgehead atoms. The molecule has 3 heteroatoms. The van der Waals surface area contributed by atoms with E-state index in [4.69, 9.17) is 0 Å². The van der Waals surface area contributed by atoms with E-state index < -0.39 is 0 Å². The van der Waals surface area contributed by atoms with E-state index in [2.05, 4.69) is 29.3 Å². The Morgan fingerprint density at radius 2 is 2.00 bits per heavy atom. The molecule has 112 valence electrons. The first-order valence-corrected chi connectivity index (χ1v) is 7.85. The summed E-state index contributed by atoms with van der Waals surface area (Å²) in [5, 5.41) is 13.5. The van der Waals surface area contributed by atoms with Crippen LogP contribution >= 0.6 is 0 Å². The number of nitrogens with one attached hydrogen (secondary N) is 1. The van der Waals surface area contributed by atoms with Gasteiger partial charge in [-0.05, 0) is 62.9 Å². The van der Waals surface area contributed by atoms with Crippen LogP contribution in [0.4, 0.5) is 0 Å². The normalized spacial score (nSPS) is 18.9. The second kappa shape index (κ2) is 7.09. The van der Waals surface area contributed by atoms with Gasteiger partial charge >= 0.3 is 0 Å². The molecule has 1 atom stereocenters. The van der Waals surface area contributed by atoms with Gasteiger partial charge in [0.1, 0.15) is 5.75 Å². The number of hydrogen-bond acceptors (Lipinski definition) is 3. The summed E-state index contributed by atoms with van der Waals surface area (Å²) in [6.07, 6.45) is 3.79. The van der Waals surface area contributed by atoms with Crippen molar-refractivity contribution >= 4 is 0 Å². The van der Waals surface area contributed by atoms with Gasteiger partial charge in [-0.25, -0.2) is 0 Å². The predicted molar refractivity (Wildman–Crippen MR) is 84.2 cm³/mol. The number of phenols is 1. The molecule has 1 aliphatic heterocycles. The highest BCUT2D eigenvalue weighted by atomic mass is 16.3. The molecular weight excluding hydrogens is 248 g/mol. The quantitative estimate of drug-likeness (QED) is 0.838. The average Bonchev–Trinajstić information content (AvgIpc) is 2.89. The number of phenolic OH excluding ortho intramolecular Hbond substituents is 1. The van der Waals surface area contributed by atoms with Crippen molar-refractivity contribution in [1.82, 2.24) is 10.2 Å². The van der Waals surface area contributed by atoms with Gasteiger partial charge in [0.2, 0.25) is 0 Å². The Bertz CT molecular complexity index is 416. The molecule has 20 heavy (non-hydrogen) atoms. The van der Waals surface area contributed by atoms with E-state index in [1.165, 1.54) is 31.4 Å². The Balaban J connectivity index is 2.03. The van der Waals surface area contributed by atoms with Crippen LogP contribution in [0.25, 0.3) is 0 Å². The predicted octanol–water partition coefficient (Wildman–Crippen LogP) is 2.97. The van der Waals surface area contributed by atoms with Crippen molar-refractivity contribution in [2.75, 3.05) is 19.6 Å². The van der Waals surface area contributed by atoms with E-state index in [-0.39, 0.29) is 0 Å². The van der Waals surface area contributed by atoms with Crippen LogP contribution < -0.4 is 5.32 Å². The number of rotatable bonds is 6. The van der Waals surface area contributed by atoms with Crippen molar-refractivity contribution in [1.29, 1.82) is 0 Å². The zero-order valence-corrected chi connectivity index (χ0v) is 13.1. The molecule has 0 amide bonds. The Morgan fingerprint density at radius 1 is 1.30 bits per heavy atom. The van der Waals surface area contributed by atoms with E-state index in [9.17, 15) is 5.11 Å². The zero-order valence-electron chi connectivity index (χ0n) is 13.1. The Kier molecular flexibility index (Phi) is 5.44. The molecule has 0 aromatic heterocycles. The van der Waals surface area contributed by atoms with Gasteiger partial charge in [-0.2, -0.15) is 0 Å². The van der Waals surface area contributed by atoms with Gasteiger partial charge in [-0.1, -0.05) is 19.1 Å². The van der Waals surface area contributed by atoms with Gasteiger partial charge in [-0.3, -0.25) is 4.90 Å². The largest absolute Gasteiger partial charge is 0.507 e. The van der Waals surface area contributed by atoms with Crippen LogP contribution in [0.3, 0.4) is 0 Å². The first-order chi connectivity index (χ1) is 9.60. The standard InChI is InChI=1S/C17H28N2O/c1-4-8-19(12-16-6-5-7-18-16)11-15-9-13(2)17(20)14(3)10-15/h9-10,16,18,20H,4-8,11-12H2,1-3H3. The summed E-state index contributed by atoms with van der Waals surface area (Å²) in [6, 6.07) is 4.89. The second-order valence-corrected chi connectivity index (χ2v) is 6.11. The SMILES string of the molecule is CCCN(Cc1cc(C)c(O)c(C)c1)CC1CCCN1. The van der Waals surface area contributed by atoms with Gasteiger partial charge < -0.3 is 10.4 Å². The Morgan fingerprint density at radius 3 is 2.55 bits per heavy atom. The van der Waals surface area contributed by atoms with E-state index in [1.54, 1.807) is 0 Å². The molecule has 1 heterocycles. The lowest BCUT2D eigenvalue weighted by Gasteiger charge is -2.25. The highest BCUT2D eigenvalue weighted by Crippen LogP contribution is 2.24. The van der Waals surface area contributed by atoms with Crippen molar-refractivity contribution in [3.8, 4) is 5.75 Å².